The van der Waals surface area contributed by atoms with Gasteiger partial charge in [-0.3, -0.25) is 0 Å². The van der Waals surface area contributed by atoms with E-state index in [-0.39, 0.29) is 5.82 Å². The molecule has 0 saturated carbocycles. The zero-order valence-corrected chi connectivity index (χ0v) is 12.5. The second-order valence-electron chi connectivity index (χ2n) is 5.54. The highest BCUT2D eigenvalue weighted by Gasteiger charge is 2.21. The van der Waals surface area contributed by atoms with Crippen LogP contribution in [0.5, 0.6) is 0 Å². The van der Waals surface area contributed by atoms with Gasteiger partial charge in [-0.1, -0.05) is 45.9 Å². The van der Waals surface area contributed by atoms with E-state index in [9.17, 15) is 4.39 Å². The molecule has 0 spiro atoms. The quantitative estimate of drug-likeness (QED) is 0.574. The second kappa shape index (κ2) is 7.31. The standard InChI is InChI=1S/C18H25F/c1-6-13(3)18(14(4)7-2)12-15(5)16-8-10-17(19)11-9-16/h8-11,14-15,18H,1,7,12H2,2-5H3. The van der Waals surface area contributed by atoms with Crippen LogP contribution in [0.2, 0.25) is 0 Å². The number of hydrogen-bond acceptors (Lipinski definition) is 0. The first-order valence-corrected chi connectivity index (χ1v) is 7.11. The molecule has 0 saturated heterocycles. The molecule has 1 heteroatoms. The average Bonchev–Trinajstić information content (AvgIpc) is 2.43. The summed E-state index contributed by atoms with van der Waals surface area (Å²) in [7, 11) is 0. The summed E-state index contributed by atoms with van der Waals surface area (Å²) in [4.78, 5) is 0. The van der Waals surface area contributed by atoms with Gasteiger partial charge in [0.05, 0.1) is 0 Å². The van der Waals surface area contributed by atoms with Crippen molar-refractivity contribution in [2.24, 2.45) is 11.8 Å². The van der Waals surface area contributed by atoms with Crippen LogP contribution in [0.4, 0.5) is 4.39 Å². The molecule has 0 aromatic heterocycles. The fourth-order valence-corrected chi connectivity index (χ4v) is 2.56. The van der Waals surface area contributed by atoms with E-state index in [0.717, 1.165) is 12.8 Å². The van der Waals surface area contributed by atoms with Crippen molar-refractivity contribution in [2.45, 2.75) is 46.5 Å². The molecule has 0 heterocycles. The Hall–Kier alpha value is -1.33. The van der Waals surface area contributed by atoms with Crippen molar-refractivity contribution in [1.82, 2.24) is 0 Å². The van der Waals surface area contributed by atoms with Gasteiger partial charge in [0.15, 0.2) is 0 Å². The van der Waals surface area contributed by atoms with Crippen molar-refractivity contribution in [3.63, 3.8) is 0 Å². The Morgan fingerprint density at radius 2 is 1.84 bits per heavy atom. The van der Waals surface area contributed by atoms with E-state index in [1.54, 1.807) is 12.1 Å². The highest BCUT2D eigenvalue weighted by atomic mass is 19.1. The highest BCUT2D eigenvalue weighted by molar-refractivity contribution is 5.20. The molecule has 0 bridgehead atoms. The van der Waals surface area contributed by atoms with Crippen molar-refractivity contribution in [3.8, 4) is 0 Å². The summed E-state index contributed by atoms with van der Waals surface area (Å²) in [6.45, 7) is 12.6. The molecular weight excluding hydrogens is 235 g/mol. The van der Waals surface area contributed by atoms with Crippen LogP contribution in [-0.2, 0) is 0 Å². The molecule has 0 fully saturated rings. The summed E-state index contributed by atoms with van der Waals surface area (Å²) >= 11 is 0. The van der Waals surface area contributed by atoms with Gasteiger partial charge in [-0.15, -0.1) is 5.73 Å². The molecule has 1 aromatic carbocycles. The third-order valence-corrected chi connectivity index (χ3v) is 4.21. The molecule has 19 heavy (non-hydrogen) atoms. The molecule has 1 aromatic rings. The average molecular weight is 260 g/mol. The monoisotopic (exact) mass is 260 g/mol. The van der Waals surface area contributed by atoms with Crippen LogP contribution in [0.3, 0.4) is 0 Å². The Balaban J connectivity index is 2.84. The molecule has 3 atom stereocenters. The minimum atomic E-state index is -0.170. The Bertz CT molecular complexity index is 437. The van der Waals surface area contributed by atoms with Crippen molar-refractivity contribution >= 4 is 0 Å². The SMILES string of the molecule is C=C=C(C)C(CC(C)c1ccc(F)cc1)C(C)CC. The Morgan fingerprint density at radius 1 is 1.26 bits per heavy atom. The molecular formula is C18H25F. The summed E-state index contributed by atoms with van der Waals surface area (Å²) in [5, 5.41) is 0. The van der Waals surface area contributed by atoms with Crippen LogP contribution >= 0.6 is 0 Å². The van der Waals surface area contributed by atoms with E-state index in [1.807, 2.05) is 12.1 Å². The van der Waals surface area contributed by atoms with E-state index in [2.05, 4.69) is 40.0 Å². The topological polar surface area (TPSA) is 0 Å². The van der Waals surface area contributed by atoms with Gasteiger partial charge < -0.3 is 0 Å². The number of benzene rings is 1. The van der Waals surface area contributed by atoms with E-state index in [1.165, 1.54) is 11.1 Å². The molecule has 0 aliphatic rings. The van der Waals surface area contributed by atoms with Crippen LogP contribution < -0.4 is 0 Å². The smallest absolute Gasteiger partial charge is 0.123 e. The normalized spacial score (nSPS) is 15.4. The van der Waals surface area contributed by atoms with Gasteiger partial charge in [-0.25, -0.2) is 4.39 Å². The summed E-state index contributed by atoms with van der Waals surface area (Å²) in [5.74, 6) is 1.37. The lowest BCUT2D eigenvalue weighted by Crippen LogP contribution is -2.15. The fraction of sp³-hybridized carbons (Fsp3) is 0.500. The molecule has 0 radical (unpaired) electrons. The first-order valence-electron chi connectivity index (χ1n) is 7.11. The molecule has 0 aliphatic carbocycles. The lowest BCUT2D eigenvalue weighted by atomic mass is 9.78. The molecule has 0 N–H and O–H groups in total. The highest BCUT2D eigenvalue weighted by Crippen LogP contribution is 2.33. The maximum atomic E-state index is 13.0. The van der Waals surface area contributed by atoms with Crippen molar-refractivity contribution in [1.29, 1.82) is 0 Å². The largest absolute Gasteiger partial charge is 0.207 e. The summed E-state index contributed by atoms with van der Waals surface area (Å²) in [6, 6.07) is 6.86. The van der Waals surface area contributed by atoms with Crippen molar-refractivity contribution in [3.05, 3.63) is 53.5 Å². The fourth-order valence-electron chi connectivity index (χ4n) is 2.56. The van der Waals surface area contributed by atoms with Gasteiger partial charge in [0, 0.05) is 0 Å². The van der Waals surface area contributed by atoms with E-state index in [0.29, 0.717) is 17.8 Å². The van der Waals surface area contributed by atoms with Crippen LogP contribution in [0.25, 0.3) is 0 Å². The third-order valence-electron chi connectivity index (χ3n) is 4.21. The van der Waals surface area contributed by atoms with Crippen LogP contribution in [0.1, 0.15) is 52.0 Å². The number of hydrogen-bond donors (Lipinski definition) is 0. The first-order chi connectivity index (χ1) is 8.99. The second-order valence-corrected chi connectivity index (χ2v) is 5.54. The minimum Gasteiger partial charge on any atom is -0.207 e. The van der Waals surface area contributed by atoms with E-state index in [4.69, 9.17) is 0 Å². The van der Waals surface area contributed by atoms with Gasteiger partial charge in [-0.2, -0.15) is 0 Å². The van der Waals surface area contributed by atoms with Gasteiger partial charge in [0.1, 0.15) is 5.82 Å². The molecule has 1 rings (SSSR count). The zero-order valence-electron chi connectivity index (χ0n) is 12.5. The number of allylic oxidation sites excluding steroid dienone is 1. The number of halogens is 1. The van der Waals surface area contributed by atoms with Gasteiger partial charge >= 0.3 is 0 Å². The zero-order chi connectivity index (χ0) is 14.4. The van der Waals surface area contributed by atoms with Crippen LogP contribution in [-0.4, -0.2) is 0 Å². The first kappa shape index (κ1) is 15.7. The Kier molecular flexibility index (Phi) is 6.05. The van der Waals surface area contributed by atoms with Gasteiger partial charge in [0.25, 0.3) is 0 Å². The van der Waals surface area contributed by atoms with Crippen LogP contribution in [0, 0.1) is 17.7 Å². The van der Waals surface area contributed by atoms with Gasteiger partial charge in [0.2, 0.25) is 0 Å². The molecule has 3 unspecified atom stereocenters. The lowest BCUT2D eigenvalue weighted by Gasteiger charge is -2.26. The van der Waals surface area contributed by atoms with Crippen molar-refractivity contribution in [2.75, 3.05) is 0 Å². The maximum absolute atomic E-state index is 13.0. The van der Waals surface area contributed by atoms with E-state index >= 15 is 0 Å². The minimum absolute atomic E-state index is 0.170. The summed E-state index contributed by atoms with van der Waals surface area (Å²) < 4.78 is 13.0. The lowest BCUT2D eigenvalue weighted by molar-refractivity contribution is 0.356. The van der Waals surface area contributed by atoms with Crippen LogP contribution in [0.15, 0.2) is 42.1 Å². The van der Waals surface area contributed by atoms with Gasteiger partial charge in [-0.05, 0) is 54.4 Å². The predicted octanol–water partition coefficient (Wildman–Crippen LogP) is 5.71. The summed E-state index contributed by atoms with van der Waals surface area (Å²) in [5.41, 5.74) is 5.49. The molecule has 0 nitrogen and oxygen atoms in total. The van der Waals surface area contributed by atoms with Crippen molar-refractivity contribution < 1.29 is 4.39 Å². The third kappa shape index (κ3) is 4.36. The molecule has 104 valence electrons. The predicted molar refractivity (Wildman–Crippen MR) is 80.7 cm³/mol. The maximum Gasteiger partial charge on any atom is 0.123 e. The summed E-state index contributed by atoms with van der Waals surface area (Å²) in [6.07, 6.45) is 2.22. The van der Waals surface area contributed by atoms with E-state index < -0.39 is 0 Å². The molecule has 0 aliphatic heterocycles. The molecule has 0 amide bonds. The number of rotatable bonds is 6. The Labute approximate surface area is 117 Å². The Morgan fingerprint density at radius 3 is 2.32 bits per heavy atom.